The van der Waals surface area contributed by atoms with E-state index in [4.69, 9.17) is 9.15 Å². The molecule has 1 saturated heterocycles. The third-order valence-electron chi connectivity index (χ3n) is 4.71. The number of nitrogens with one attached hydrogen (secondary N) is 1. The first-order chi connectivity index (χ1) is 11.4. The summed E-state index contributed by atoms with van der Waals surface area (Å²) in [4.78, 5) is 37.7. The van der Waals surface area contributed by atoms with E-state index in [0.717, 1.165) is 24.2 Å². The zero-order valence-electron chi connectivity index (χ0n) is 13.7. The van der Waals surface area contributed by atoms with E-state index in [-0.39, 0.29) is 24.3 Å². The number of ether oxygens (including phenoxy) is 1. The molecule has 1 aromatic rings. The molecule has 9 heteroatoms. The molecular formula is C15H20N4O5. The minimum Gasteiger partial charge on any atom is -0.454 e. The van der Waals surface area contributed by atoms with Crippen molar-refractivity contribution in [2.45, 2.75) is 51.7 Å². The van der Waals surface area contributed by atoms with Gasteiger partial charge in [-0.25, -0.2) is 4.79 Å². The van der Waals surface area contributed by atoms with Crippen molar-refractivity contribution in [2.24, 2.45) is 5.92 Å². The SMILES string of the molecule is Cc1nnc(COC(=O)CN2C(=O)N[C@]3(CCCC[C@H]3C)C2=O)o1. The van der Waals surface area contributed by atoms with Gasteiger partial charge in [0.1, 0.15) is 12.1 Å². The highest BCUT2D eigenvalue weighted by Gasteiger charge is 2.55. The number of imide groups is 1. The quantitative estimate of drug-likeness (QED) is 0.642. The van der Waals surface area contributed by atoms with Crippen LogP contribution in [0.4, 0.5) is 4.79 Å². The maximum Gasteiger partial charge on any atom is 0.326 e. The van der Waals surface area contributed by atoms with Crippen LogP contribution in [0, 0.1) is 12.8 Å². The maximum atomic E-state index is 12.7. The van der Waals surface area contributed by atoms with Gasteiger partial charge < -0.3 is 14.5 Å². The van der Waals surface area contributed by atoms with E-state index >= 15 is 0 Å². The van der Waals surface area contributed by atoms with Crippen molar-refractivity contribution in [1.82, 2.24) is 20.4 Å². The van der Waals surface area contributed by atoms with Crippen LogP contribution in [0.25, 0.3) is 0 Å². The summed E-state index contributed by atoms with van der Waals surface area (Å²) in [7, 11) is 0. The Labute approximate surface area is 138 Å². The average molecular weight is 336 g/mol. The van der Waals surface area contributed by atoms with Gasteiger partial charge in [-0.05, 0) is 18.8 Å². The molecule has 1 aliphatic heterocycles. The highest BCUT2D eigenvalue weighted by atomic mass is 16.5. The van der Waals surface area contributed by atoms with Gasteiger partial charge in [0.2, 0.25) is 5.89 Å². The minimum atomic E-state index is -0.876. The Balaban J connectivity index is 1.61. The lowest BCUT2D eigenvalue weighted by Crippen LogP contribution is -2.54. The number of hydrogen-bond donors (Lipinski definition) is 1. The minimum absolute atomic E-state index is 0.0464. The number of esters is 1. The first kappa shape index (κ1) is 16.4. The topological polar surface area (TPSA) is 115 Å². The van der Waals surface area contributed by atoms with Gasteiger partial charge in [-0.2, -0.15) is 0 Å². The fourth-order valence-corrected chi connectivity index (χ4v) is 3.35. The Bertz CT molecular complexity index is 673. The third kappa shape index (κ3) is 2.85. The van der Waals surface area contributed by atoms with Gasteiger partial charge in [0.05, 0.1) is 0 Å². The lowest BCUT2D eigenvalue weighted by atomic mass is 9.73. The van der Waals surface area contributed by atoms with Crippen LogP contribution in [0.1, 0.15) is 44.4 Å². The van der Waals surface area contributed by atoms with Gasteiger partial charge in [0.25, 0.3) is 11.8 Å². The third-order valence-corrected chi connectivity index (χ3v) is 4.71. The van der Waals surface area contributed by atoms with E-state index in [2.05, 4.69) is 15.5 Å². The average Bonchev–Trinajstić information content (AvgIpc) is 3.06. The molecule has 2 aliphatic rings. The predicted octanol–water partition coefficient (Wildman–Crippen LogP) is 0.922. The second kappa shape index (κ2) is 6.21. The summed E-state index contributed by atoms with van der Waals surface area (Å²) in [6.07, 6.45) is 3.40. The second-order valence-corrected chi connectivity index (χ2v) is 6.32. The van der Waals surface area contributed by atoms with Crippen LogP contribution < -0.4 is 5.32 Å². The van der Waals surface area contributed by atoms with Crippen LogP contribution in [0.5, 0.6) is 0 Å². The fraction of sp³-hybridized carbons (Fsp3) is 0.667. The second-order valence-electron chi connectivity index (χ2n) is 6.32. The van der Waals surface area contributed by atoms with E-state index < -0.39 is 24.1 Å². The number of carbonyl (C=O) groups is 3. The van der Waals surface area contributed by atoms with Gasteiger partial charge in [0, 0.05) is 6.92 Å². The van der Waals surface area contributed by atoms with Crippen LogP contribution >= 0.6 is 0 Å². The van der Waals surface area contributed by atoms with Crippen LogP contribution in [0.2, 0.25) is 0 Å². The highest BCUT2D eigenvalue weighted by Crippen LogP contribution is 2.38. The summed E-state index contributed by atoms with van der Waals surface area (Å²) in [5.41, 5.74) is -0.876. The Kier molecular flexibility index (Phi) is 4.25. The van der Waals surface area contributed by atoms with Crippen LogP contribution in [-0.2, 0) is 20.9 Å². The normalized spacial score (nSPS) is 26.8. The molecule has 0 aromatic carbocycles. The maximum absolute atomic E-state index is 12.7. The summed E-state index contributed by atoms with van der Waals surface area (Å²) in [6, 6.07) is -0.542. The zero-order valence-corrected chi connectivity index (χ0v) is 13.7. The molecule has 9 nitrogen and oxygen atoms in total. The lowest BCUT2D eigenvalue weighted by Gasteiger charge is -2.36. The first-order valence-corrected chi connectivity index (χ1v) is 8.01. The summed E-state index contributed by atoms with van der Waals surface area (Å²) >= 11 is 0. The Morgan fingerprint density at radius 3 is 2.88 bits per heavy atom. The van der Waals surface area contributed by atoms with E-state index in [1.54, 1.807) is 6.92 Å². The molecular weight excluding hydrogens is 316 g/mol. The molecule has 1 saturated carbocycles. The number of aromatic nitrogens is 2. The molecule has 0 radical (unpaired) electrons. The molecule has 1 aliphatic carbocycles. The molecule has 24 heavy (non-hydrogen) atoms. The first-order valence-electron chi connectivity index (χ1n) is 8.01. The number of rotatable bonds is 4. The van der Waals surface area contributed by atoms with Gasteiger partial charge in [-0.3, -0.25) is 14.5 Å². The Morgan fingerprint density at radius 1 is 1.42 bits per heavy atom. The standard InChI is InChI=1S/C15H20N4O5/c1-9-5-3-4-6-15(9)13(21)19(14(22)16-15)7-12(20)23-8-11-18-17-10(2)24-11/h9H,3-8H2,1-2H3,(H,16,22)/t9-,15+/m1/s1. The van der Waals surface area contributed by atoms with Crippen molar-refractivity contribution in [2.75, 3.05) is 6.54 Å². The smallest absolute Gasteiger partial charge is 0.326 e. The van der Waals surface area contributed by atoms with Crippen LogP contribution in [-0.4, -0.2) is 45.1 Å². The zero-order chi connectivity index (χ0) is 17.3. The van der Waals surface area contributed by atoms with Crippen molar-refractivity contribution >= 4 is 17.9 Å². The lowest BCUT2D eigenvalue weighted by molar-refractivity contribution is -0.150. The van der Waals surface area contributed by atoms with Crippen molar-refractivity contribution < 1.29 is 23.5 Å². The van der Waals surface area contributed by atoms with E-state index in [0.29, 0.717) is 12.3 Å². The number of urea groups is 1. The van der Waals surface area contributed by atoms with Crippen LogP contribution in [0.15, 0.2) is 4.42 Å². The number of hydrogen-bond acceptors (Lipinski definition) is 7. The van der Waals surface area contributed by atoms with E-state index in [1.165, 1.54) is 0 Å². The molecule has 0 bridgehead atoms. The summed E-state index contributed by atoms with van der Waals surface area (Å²) in [5, 5.41) is 10.1. The van der Waals surface area contributed by atoms with Gasteiger partial charge in [-0.15, -0.1) is 10.2 Å². The monoisotopic (exact) mass is 336 g/mol. The highest BCUT2D eigenvalue weighted by molar-refractivity contribution is 6.08. The van der Waals surface area contributed by atoms with E-state index in [9.17, 15) is 14.4 Å². The number of carbonyl (C=O) groups excluding carboxylic acids is 3. The van der Waals surface area contributed by atoms with Gasteiger partial charge >= 0.3 is 12.0 Å². The van der Waals surface area contributed by atoms with Crippen molar-refractivity contribution in [1.29, 1.82) is 0 Å². The van der Waals surface area contributed by atoms with Gasteiger partial charge in [-0.1, -0.05) is 19.8 Å². The van der Waals surface area contributed by atoms with E-state index in [1.807, 2.05) is 6.92 Å². The molecule has 2 heterocycles. The van der Waals surface area contributed by atoms with Gasteiger partial charge in [0.15, 0.2) is 6.61 Å². The van der Waals surface area contributed by atoms with Crippen LogP contribution in [0.3, 0.4) is 0 Å². The van der Waals surface area contributed by atoms with Crippen molar-refractivity contribution in [3.05, 3.63) is 11.8 Å². The molecule has 130 valence electrons. The molecule has 1 aromatic heterocycles. The number of amides is 3. The molecule has 3 amide bonds. The molecule has 2 fully saturated rings. The summed E-state index contributed by atoms with van der Waals surface area (Å²) < 4.78 is 10.1. The number of aryl methyl sites for hydroxylation is 1. The molecule has 1 spiro atoms. The molecule has 1 N–H and O–H groups in total. The predicted molar refractivity (Wildman–Crippen MR) is 79.4 cm³/mol. The number of nitrogens with zero attached hydrogens (tertiary/aromatic N) is 3. The van der Waals surface area contributed by atoms with Crippen molar-refractivity contribution in [3.8, 4) is 0 Å². The molecule has 0 unspecified atom stereocenters. The molecule has 3 rings (SSSR count). The van der Waals surface area contributed by atoms with Crippen molar-refractivity contribution in [3.63, 3.8) is 0 Å². The largest absolute Gasteiger partial charge is 0.454 e. The fourth-order valence-electron chi connectivity index (χ4n) is 3.35. The Hall–Kier alpha value is -2.45. The Morgan fingerprint density at radius 2 is 2.21 bits per heavy atom. The molecule has 2 atom stereocenters. The summed E-state index contributed by atoms with van der Waals surface area (Å²) in [5.74, 6) is -0.468. The summed E-state index contributed by atoms with van der Waals surface area (Å²) in [6.45, 7) is 2.96.